The molecular weight excluding hydrogens is 328 g/mol. The highest BCUT2D eigenvalue weighted by molar-refractivity contribution is 5.94. The number of rotatable bonds is 7. The number of amides is 1. The second-order valence-electron chi connectivity index (χ2n) is 7.19. The van der Waals surface area contributed by atoms with Crippen LogP contribution in [0, 0.1) is 11.8 Å². The number of hydrogen-bond acceptors (Lipinski definition) is 3. The Morgan fingerprint density at radius 3 is 2.58 bits per heavy atom. The summed E-state index contributed by atoms with van der Waals surface area (Å²) in [4.78, 5) is 18.8. The molecule has 1 aliphatic heterocycles. The number of aliphatic imine (C=N–C) groups is 1. The van der Waals surface area contributed by atoms with Crippen molar-refractivity contribution in [2.45, 2.75) is 26.7 Å². The van der Waals surface area contributed by atoms with E-state index in [9.17, 15) is 4.79 Å². The van der Waals surface area contributed by atoms with Crippen molar-refractivity contribution in [2.24, 2.45) is 16.8 Å². The van der Waals surface area contributed by atoms with E-state index in [1.165, 1.54) is 12.8 Å². The molecule has 1 aromatic carbocycles. The highest BCUT2D eigenvalue weighted by atomic mass is 16.5. The third kappa shape index (κ3) is 5.93. The molecule has 1 aromatic rings. The highest BCUT2D eigenvalue weighted by Crippen LogP contribution is 2.23. The van der Waals surface area contributed by atoms with Crippen LogP contribution in [0.5, 0.6) is 5.75 Å². The summed E-state index contributed by atoms with van der Waals surface area (Å²) in [6.45, 7) is 7.88. The van der Waals surface area contributed by atoms with Gasteiger partial charge in [-0.3, -0.25) is 9.79 Å². The first-order valence-electron chi connectivity index (χ1n) is 9.41. The van der Waals surface area contributed by atoms with E-state index in [1.54, 1.807) is 31.4 Å². The Hall–Kier alpha value is -2.24. The number of benzene rings is 1. The van der Waals surface area contributed by atoms with Crippen molar-refractivity contribution in [1.29, 1.82) is 0 Å². The van der Waals surface area contributed by atoms with Gasteiger partial charge in [0, 0.05) is 38.8 Å². The van der Waals surface area contributed by atoms with E-state index in [0.717, 1.165) is 36.6 Å². The number of guanidine groups is 1. The van der Waals surface area contributed by atoms with Crippen LogP contribution in [0.4, 0.5) is 0 Å². The minimum atomic E-state index is -0.0809. The summed E-state index contributed by atoms with van der Waals surface area (Å²) in [5.41, 5.74) is 0.631. The number of carbonyl (C=O) groups excluding carboxylic acids is 1. The van der Waals surface area contributed by atoms with Crippen LogP contribution >= 0.6 is 0 Å². The molecule has 6 nitrogen and oxygen atoms in total. The van der Waals surface area contributed by atoms with Gasteiger partial charge in [0.2, 0.25) is 0 Å². The summed E-state index contributed by atoms with van der Waals surface area (Å²) in [7, 11) is 3.42. The molecule has 0 aliphatic carbocycles. The quantitative estimate of drug-likeness (QED) is 0.445. The zero-order valence-corrected chi connectivity index (χ0v) is 16.4. The molecule has 0 radical (unpaired) electrons. The molecule has 2 N–H and O–H groups in total. The van der Waals surface area contributed by atoms with E-state index >= 15 is 0 Å². The standard InChI is InChI=1S/C20H32N4O2/c1-15(2)13-16-9-12-24(14-16)20(21-3)23-11-10-22-19(25)17-5-7-18(26-4)8-6-17/h5-8,15-16H,9-14H2,1-4H3,(H,21,23)(H,22,25). The van der Waals surface area contributed by atoms with Gasteiger partial charge in [0.25, 0.3) is 5.91 Å². The van der Waals surface area contributed by atoms with Gasteiger partial charge in [-0.2, -0.15) is 0 Å². The number of likely N-dealkylation sites (tertiary alicyclic amines) is 1. The van der Waals surface area contributed by atoms with E-state index in [1.807, 2.05) is 7.05 Å². The average Bonchev–Trinajstić information content (AvgIpc) is 3.09. The monoisotopic (exact) mass is 360 g/mol. The average molecular weight is 361 g/mol. The molecule has 1 aliphatic rings. The predicted octanol–water partition coefficient (Wildman–Crippen LogP) is 2.37. The second-order valence-corrected chi connectivity index (χ2v) is 7.19. The summed E-state index contributed by atoms with van der Waals surface area (Å²) in [6.07, 6.45) is 2.50. The third-order valence-electron chi connectivity index (χ3n) is 4.65. The fraction of sp³-hybridized carbons (Fsp3) is 0.600. The third-order valence-corrected chi connectivity index (χ3v) is 4.65. The second kappa shape index (κ2) is 10.0. The van der Waals surface area contributed by atoms with Crippen LogP contribution in [0.2, 0.25) is 0 Å². The van der Waals surface area contributed by atoms with Gasteiger partial charge >= 0.3 is 0 Å². The maximum atomic E-state index is 12.1. The van der Waals surface area contributed by atoms with Gasteiger partial charge in [-0.1, -0.05) is 13.8 Å². The number of nitrogens with one attached hydrogen (secondary N) is 2. The molecule has 2 rings (SSSR count). The zero-order valence-electron chi connectivity index (χ0n) is 16.4. The largest absolute Gasteiger partial charge is 0.497 e. The Morgan fingerprint density at radius 2 is 1.96 bits per heavy atom. The lowest BCUT2D eigenvalue weighted by atomic mass is 9.97. The smallest absolute Gasteiger partial charge is 0.251 e. The van der Waals surface area contributed by atoms with Gasteiger partial charge in [0.15, 0.2) is 5.96 Å². The van der Waals surface area contributed by atoms with Gasteiger partial charge in [0.1, 0.15) is 5.75 Å². The molecule has 144 valence electrons. The van der Waals surface area contributed by atoms with E-state index in [4.69, 9.17) is 4.74 Å². The Balaban J connectivity index is 1.71. The number of ether oxygens (including phenoxy) is 1. The molecule has 0 saturated carbocycles. The highest BCUT2D eigenvalue weighted by Gasteiger charge is 2.25. The summed E-state index contributed by atoms with van der Waals surface area (Å²) in [6, 6.07) is 7.10. The minimum Gasteiger partial charge on any atom is -0.497 e. The fourth-order valence-corrected chi connectivity index (χ4v) is 3.41. The molecule has 26 heavy (non-hydrogen) atoms. The molecule has 1 unspecified atom stereocenters. The number of methoxy groups -OCH3 is 1. The first kappa shape index (κ1) is 20.1. The first-order valence-corrected chi connectivity index (χ1v) is 9.41. The van der Waals surface area contributed by atoms with Gasteiger partial charge in [-0.05, 0) is 48.9 Å². The number of carbonyl (C=O) groups is 1. The van der Waals surface area contributed by atoms with Crippen LogP contribution in [-0.2, 0) is 0 Å². The molecule has 1 atom stereocenters. The Morgan fingerprint density at radius 1 is 1.27 bits per heavy atom. The van der Waals surface area contributed by atoms with Gasteiger partial charge in [0.05, 0.1) is 7.11 Å². The summed E-state index contributed by atoms with van der Waals surface area (Å²) in [5, 5.41) is 6.28. The minimum absolute atomic E-state index is 0.0809. The maximum Gasteiger partial charge on any atom is 0.251 e. The molecule has 1 fully saturated rings. The first-order chi connectivity index (χ1) is 12.5. The molecule has 1 amide bonds. The van der Waals surface area contributed by atoms with Crippen molar-refractivity contribution in [3.8, 4) is 5.75 Å². The summed E-state index contributed by atoms with van der Waals surface area (Å²) in [5.74, 6) is 3.08. The van der Waals surface area contributed by atoms with Crippen LogP contribution in [0.15, 0.2) is 29.3 Å². The van der Waals surface area contributed by atoms with E-state index < -0.39 is 0 Å². The van der Waals surface area contributed by atoms with Gasteiger partial charge in [-0.15, -0.1) is 0 Å². The van der Waals surface area contributed by atoms with Crippen molar-refractivity contribution in [3.05, 3.63) is 29.8 Å². The molecular formula is C20H32N4O2. The van der Waals surface area contributed by atoms with Crippen molar-refractivity contribution < 1.29 is 9.53 Å². The molecule has 6 heteroatoms. The van der Waals surface area contributed by atoms with Gasteiger partial charge < -0.3 is 20.3 Å². The van der Waals surface area contributed by atoms with Crippen molar-refractivity contribution in [1.82, 2.24) is 15.5 Å². The van der Waals surface area contributed by atoms with Crippen LogP contribution in [0.25, 0.3) is 0 Å². The lowest BCUT2D eigenvalue weighted by Gasteiger charge is -2.22. The van der Waals surface area contributed by atoms with Gasteiger partial charge in [-0.25, -0.2) is 0 Å². The zero-order chi connectivity index (χ0) is 18.9. The topological polar surface area (TPSA) is 66.0 Å². The van der Waals surface area contributed by atoms with E-state index in [2.05, 4.69) is 34.4 Å². The maximum absolute atomic E-state index is 12.1. The molecule has 0 aromatic heterocycles. The number of hydrogen-bond donors (Lipinski definition) is 2. The van der Waals surface area contributed by atoms with Crippen LogP contribution in [-0.4, -0.2) is 57.1 Å². The van der Waals surface area contributed by atoms with Crippen LogP contribution < -0.4 is 15.4 Å². The van der Waals surface area contributed by atoms with Crippen molar-refractivity contribution >= 4 is 11.9 Å². The number of nitrogens with zero attached hydrogens (tertiary/aromatic N) is 2. The predicted molar refractivity (Wildman–Crippen MR) is 106 cm³/mol. The van der Waals surface area contributed by atoms with Crippen LogP contribution in [0.1, 0.15) is 37.0 Å². The lowest BCUT2D eigenvalue weighted by molar-refractivity contribution is 0.0954. The van der Waals surface area contributed by atoms with E-state index in [-0.39, 0.29) is 5.91 Å². The van der Waals surface area contributed by atoms with E-state index in [0.29, 0.717) is 18.7 Å². The molecule has 0 spiro atoms. The fourth-order valence-electron chi connectivity index (χ4n) is 3.41. The molecule has 0 bridgehead atoms. The van der Waals surface area contributed by atoms with Crippen LogP contribution in [0.3, 0.4) is 0 Å². The van der Waals surface area contributed by atoms with Crippen molar-refractivity contribution in [2.75, 3.05) is 40.3 Å². The summed E-state index contributed by atoms with van der Waals surface area (Å²) >= 11 is 0. The normalized spacial score (nSPS) is 17.5. The SMILES string of the molecule is CN=C(NCCNC(=O)c1ccc(OC)cc1)N1CCC(CC(C)C)C1. The Kier molecular flexibility index (Phi) is 7.75. The lowest BCUT2D eigenvalue weighted by Crippen LogP contribution is -2.43. The summed E-state index contributed by atoms with van der Waals surface area (Å²) < 4.78 is 5.10. The Labute approximate surface area is 157 Å². The molecule has 1 heterocycles. The Bertz CT molecular complexity index is 598. The molecule has 1 saturated heterocycles. The van der Waals surface area contributed by atoms with Crippen molar-refractivity contribution in [3.63, 3.8) is 0 Å².